The fourth-order valence-electron chi connectivity index (χ4n) is 9.84. The Kier molecular flexibility index (Phi) is 45.4. The highest BCUT2D eigenvalue weighted by Gasteiger charge is 2.47. The summed E-state index contributed by atoms with van der Waals surface area (Å²) in [5.74, 6) is -0.386. The van der Waals surface area contributed by atoms with Gasteiger partial charge >= 0.3 is 5.97 Å². The molecule has 0 aliphatic carbocycles. The average molecular weight is 1080 g/mol. The molecule has 0 bridgehead atoms. The van der Waals surface area contributed by atoms with E-state index in [2.05, 4.69) is 50.3 Å². The van der Waals surface area contributed by atoms with Gasteiger partial charge in [0.15, 0.2) is 12.6 Å². The van der Waals surface area contributed by atoms with E-state index in [-0.39, 0.29) is 25.6 Å². The van der Waals surface area contributed by atoms with Crippen molar-refractivity contribution in [2.45, 2.75) is 319 Å². The first-order chi connectivity index (χ1) is 37.1. The zero-order chi connectivity index (χ0) is 55.1. The van der Waals surface area contributed by atoms with Gasteiger partial charge in [-0.2, -0.15) is 0 Å². The molecule has 2 rings (SSSR count). The van der Waals surface area contributed by atoms with Crippen molar-refractivity contribution in [3.05, 3.63) is 36.5 Å². The van der Waals surface area contributed by atoms with Crippen LogP contribution in [0.4, 0.5) is 0 Å². The maximum absolute atomic E-state index is 13.1. The molecule has 446 valence electrons. The topological polar surface area (TPSA) is 214 Å². The van der Waals surface area contributed by atoms with E-state index in [1.807, 2.05) is 0 Å². The second-order valence-electron chi connectivity index (χ2n) is 21.9. The van der Waals surface area contributed by atoms with Gasteiger partial charge in [0.1, 0.15) is 54.9 Å². The summed E-state index contributed by atoms with van der Waals surface area (Å²) in [6.07, 6.45) is 42.1. The molecule has 0 radical (unpaired) electrons. The molecule has 2 aliphatic heterocycles. The van der Waals surface area contributed by atoms with E-state index in [4.69, 9.17) is 28.4 Å². The molecule has 0 aromatic rings. The number of carbonyl (C=O) groups excluding carboxylic acids is 1. The molecule has 11 unspecified atom stereocenters. The Hall–Kier alpha value is -1.79. The van der Waals surface area contributed by atoms with Crippen LogP contribution < -0.4 is 0 Å². The third-order valence-electron chi connectivity index (χ3n) is 14.9. The van der Waals surface area contributed by atoms with Gasteiger partial charge < -0.3 is 64.2 Å². The van der Waals surface area contributed by atoms with E-state index in [0.717, 1.165) is 64.2 Å². The van der Waals surface area contributed by atoms with Crippen LogP contribution in [0.5, 0.6) is 0 Å². The second-order valence-corrected chi connectivity index (χ2v) is 21.9. The van der Waals surface area contributed by atoms with Crippen LogP contribution in [-0.4, -0.2) is 142 Å². The van der Waals surface area contributed by atoms with Crippen molar-refractivity contribution in [1.29, 1.82) is 0 Å². The summed E-state index contributed by atoms with van der Waals surface area (Å²) < 4.78 is 34.4. The van der Waals surface area contributed by atoms with Crippen LogP contribution in [0.25, 0.3) is 0 Å². The monoisotopic (exact) mass is 1080 g/mol. The number of hydrogen-bond donors (Lipinski definition) is 7. The summed E-state index contributed by atoms with van der Waals surface area (Å²) >= 11 is 0. The molecule has 2 aliphatic rings. The van der Waals surface area contributed by atoms with Crippen LogP contribution in [0.3, 0.4) is 0 Å². The molecule has 76 heavy (non-hydrogen) atoms. The molecule has 0 aromatic carbocycles. The van der Waals surface area contributed by atoms with Crippen molar-refractivity contribution < 1.29 is 69.0 Å². The molecule has 11 atom stereocenters. The Morgan fingerprint density at radius 2 is 0.816 bits per heavy atom. The highest BCUT2D eigenvalue weighted by atomic mass is 16.7. The molecule has 14 heteroatoms. The number of hydrogen-bond acceptors (Lipinski definition) is 14. The maximum Gasteiger partial charge on any atom is 0.306 e. The first-order valence-electron chi connectivity index (χ1n) is 31.1. The molecule has 2 heterocycles. The molecule has 0 spiro atoms. The Morgan fingerprint density at radius 3 is 1.29 bits per heavy atom. The zero-order valence-corrected chi connectivity index (χ0v) is 48.0. The van der Waals surface area contributed by atoms with Crippen LogP contribution in [0.2, 0.25) is 0 Å². The van der Waals surface area contributed by atoms with E-state index in [1.165, 1.54) is 161 Å². The van der Waals surface area contributed by atoms with E-state index in [9.17, 15) is 40.5 Å². The van der Waals surface area contributed by atoms with Crippen LogP contribution in [0.15, 0.2) is 36.5 Å². The molecular weight excluding hydrogens is 969 g/mol. The summed E-state index contributed by atoms with van der Waals surface area (Å²) in [6.45, 7) is 3.69. The lowest BCUT2D eigenvalue weighted by Crippen LogP contribution is -2.61. The van der Waals surface area contributed by atoms with Gasteiger partial charge in [-0.25, -0.2) is 0 Å². The first kappa shape index (κ1) is 70.3. The number of aliphatic hydroxyl groups is 7. The van der Waals surface area contributed by atoms with Crippen molar-refractivity contribution in [3.8, 4) is 0 Å². The van der Waals surface area contributed by atoms with Gasteiger partial charge in [0.2, 0.25) is 0 Å². The highest BCUT2D eigenvalue weighted by molar-refractivity contribution is 5.69. The number of unbranched alkanes of at least 4 members (excludes halogenated alkanes) is 31. The molecule has 14 nitrogen and oxygen atoms in total. The van der Waals surface area contributed by atoms with Gasteiger partial charge in [-0.15, -0.1) is 0 Å². The summed E-state index contributed by atoms with van der Waals surface area (Å²) in [7, 11) is 0. The molecule has 0 saturated carbocycles. The van der Waals surface area contributed by atoms with Crippen molar-refractivity contribution in [1.82, 2.24) is 0 Å². The first-order valence-corrected chi connectivity index (χ1v) is 31.1. The van der Waals surface area contributed by atoms with Gasteiger partial charge in [-0.1, -0.05) is 211 Å². The van der Waals surface area contributed by atoms with Crippen LogP contribution >= 0.6 is 0 Å². The van der Waals surface area contributed by atoms with E-state index in [0.29, 0.717) is 13.0 Å². The summed E-state index contributed by atoms with van der Waals surface area (Å²) in [5.41, 5.74) is 0. The predicted octanol–water partition coefficient (Wildman–Crippen LogP) is 11.7. The van der Waals surface area contributed by atoms with E-state index < -0.39 is 80.7 Å². The van der Waals surface area contributed by atoms with Gasteiger partial charge in [-0.3, -0.25) is 4.79 Å². The standard InChI is InChI=1S/C62H114O14/c1-3-5-7-9-11-13-15-17-19-21-22-23-24-25-26-27-28-29-30-32-34-36-38-40-42-44-46-71-48-51(74-54(64)45-43-41-39-37-35-33-31-20-18-16-14-12-10-8-6-4-2)49-72-61-60(70)58(68)56(66)53(76-61)50-73-62-59(69)57(67)55(65)52(47-63)75-62/h14,16,20-22,31,51-53,55-63,65-70H,3-13,15,17-19,23-30,32-50H2,1-2H3/b16-14-,22-21-,31-20-. The number of esters is 1. The second kappa shape index (κ2) is 49.1. The Labute approximate surface area is 461 Å². The van der Waals surface area contributed by atoms with Crippen molar-refractivity contribution in [3.63, 3.8) is 0 Å². The maximum atomic E-state index is 13.1. The molecule has 2 fully saturated rings. The lowest BCUT2D eigenvalue weighted by Gasteiger charge is -2.42. The fraction of sp³-hybridized carbons (Fsp3) is 0.887. The lowest BCUT2D eigenvalue weighted by molar-refractivity contribution is -0.332. The predicted molar refractivity (Wildman–Crippen MR) is 303 cm³/mol. The number of allylic oxidation sites excluding steroid dienone is 6. The lowest BCUT2D eigenvalue weighted by atomic mass is 9.98. The fourth-order valence-corrected chi connectivity index (χ4v) is 9.84. The van der Waals surface area contributed by atoms with Crippen molar-refractivity contribution in [2.75, 3.05) is 33.0 Å². The number of carbonyl (C=O) groups is 1. The van der Waals surface area contributed by atoms with E-state index in [1.54, 1.807) is 0 Å². The molecule has 2 saturated heterocycles. The third-order valence-corrected chi connectivity index (χ3v) is 14.9. The van der Waals surface area contributed by atoms with Gasteiger partial charge in [0, 0.05) is 13.0 Å². The van der Waals surface area contributed by atoms with Gasteiger partial charge in [0.25, 0.3) is 0 Å². The Bertz CT molecular complexity index is 1400. The van der Waals surface area contributed by atoms with Crippen molar-refractivity contribution in [2.24, 2.45) is 0 Å². The smallest absolute Gasteiger partial charge is 0.306 e. The molecular formula is C62H114O14. The largest absolute Gasteiger partial charge is 0.457 e. The number of ether oxygens (including phenoxy) is 6. The zero-order valence-electron chi connectivity index (χ0n) is 48.0. The minimum atomic E-state index is -1.71. The van der Waals surface area contributed by atoms with Crippen molar-refractivity contribution >= 4 is 5.97 Å². The molecule has 7 N–H and O–H groups in total. The SMILES string of the molecule is CCCCCC/C=C\C/C=C\CCCCCCCC(=O)OC(COCCCCCCCCCCCCCCCC/C=C\CCCCCCCCCC)COC1OC(COC2OC(CO)C(O)C(O)C2O)C(O)C(O)C1O. The summed E-state index contributed by atoms with van der Waals surface area (Å²) in [5, 5.41) is 72.4. The normalized spacial score (nSPS) is 24.6. The quantitative estimate of drug-likeness (QED) is 0.0172. The molecule has 0 aromatic heterocycles. The van der Waals surface area contributed by atoms with E-state index >= 15 is 0 Å². The summed E-state index contributed by atoms with van der Waals surface area (Å²) in [6, 6.07) is 0. The number of rotatable bonds is 51. The highest BCUT2D eigenvalue weighted by Crippen LogP contribution is 2.27. The number of aliphatic hydroxyl groups excluding tert-OH is 7. The van der Waals surface area contributed by atoms with Crippen LogP contribution in [0, 0.1) is 0 Å². The van der Waals surface area contributed by atoms with Crippen LogP contribution in [0.1, 0.15) is 251 Å². The minimum Gasteiger partial charge on any atom is -0.457 e. The van der Waals surface area contributed by atoms with Gasteiger partial charge in [0.05, 0.1) is 26.4 Å². The average Bonchev–Trinajstić information content (AvgIpc) is 3.42. The molecule has 0 amide bonds. The Morgan fingerprint density at radius 1 is 0.434 bits per heavy atom. The van der Waals surface area contributed by atoms with Crippen LogP contribution in [-0.2, 0) is 33.2 Å². The minimum absolute atomic E-state index is 0.0580. The van der Waals surface area contributed by atoms with Gasteiger partial charge in [-0.05, 0) is 70.6 Å². The summed E-state index contributed by atoms with van der Waals surface area (Å²) in [4.78, 5) is 13.1. The Balaban J connectivity index is 1.66. The third kappa shape index (κ3) is 35.1.